The molecule has 12 nitrogen and oxygen atoms in total. The summed E-state index contributed by atoms with van der Waals surface area (Å²) in [5.41, 5.74) is 5.54. The SMILES string of the molecule is C=CCCO/N=C(\C(=O)N[C@H]1CN2CC(S(C)(=O)=O)=C(C(=O)O)N2C1)c1csc(N)n1. The molecule has 2 aliphatic rings. The zero-order chi connectivity index (χ0) is 22.8. The van der Waals surface area contributed by atoms with Crippen LogP contribution >= 0.6 is 11.3 Å². The molecule has 31 heavy (non-hydrogen) atoms. The zero-order valence-corrected chi connectivity index (χ0v) is 18.3. The van der Waals surface area contributed by atoms with E-state index in [1.54, 1.807) is 16.5 Å². The van der Waals surface area contributed by atoms with Gasteiger partial charge in [0.15, 0.2) is 26.4 Å². The van der Waals surface area contributed by atoms with Gasteiger partial charge in [0.25, 0.3) is 5.91 Å². The molecular formula is C17H22N6O6S2. The van der Waals surface area contributed by atoms with Crippen molar-refractivity contribution in [2.24, 2.45) is 5.16 Å². The van der Waals surface area contributed by atoms with Gasteiger partial charge in [0.05, 0.1) is 24.0 Å². The first-order chi connectivity index (χ1) is 14.6. The van der Waals surface area contributed by atoms with E-state index >= 15 is 0 Å². The molecule has 1 atom stereocenters. The second kappa shape index (κ2) is 9.03. The van der Waals surface area contributed by atoms with Crippen molar-refractivity contribution < 1.29 is 28.0 Å². The lowest BCUT2D eigenvalue weighted by molar-refractivity contribution is -0.135. The van der Waals surface area contributed by atoms with Gasteiger partial charge in [0.1, 0.15) is 12.3 Å². The number of rotatable bonds is 9. The third-order valence-corrected chi connectivity index (χ3v) is 6.44. The van der Waals surface area contributed by atoms with Gasteiger partial charge < -0.3 is 21.0 Å². The zero-order valence-electron chi connectivity index (χ0n) is 16.6. The fourth-order valence-corrected chi connectivity index (χ4v) is 4.69. The maximum absolute atomic E-state index is 12.9. The van der Waals surface area contributed by atoms with E-state index in [4.69, 9.17) is 10.6 Å². The fraction of sp³-hybridized carbons (Fsp3) is 0.412. The van der Waals surface area contributed by atoms with E-state index in [-0.39, 0.29) is 53.4 Å². The van der Waals surface area contributed by atoms with Crippen LogP contribution in [-0.4, -0.2) is 84.7 Å². The molecule has 1 fully saturated rings. The Morgan fingerprint density at radius 1 is 1.52 bits per heavy atom. The van der Waals surface area contributed by atoms with E-state index in [2.05, 4.69) is 22.0 Å². The number of sulfone groups is 1. The molecule has 0 spiro atoms. The number of nitrogen functional groups attached to an aromatic ring is 1. The minimum absolute atomic E-state index is 0.0649. The van der Waals surface area contributed by atoms with E-state index in [1.165, 1.54) is 5.01 Å². The Labute approximate surface area is 182 Å². The summed E-state index contributed by atoms with van der Waals surface area (Å²) in [6.07, 6.45) is 3.16. The number of nitrogens with two attached hydrogens (primary N) is 1. The molecule has 1 aromatic heterocycles. The van der Waals surface area contributed by atoms with Crippen molar-refractivity contribution in [1.82, 2.24) is 20.3 Å². The highest BCUT2D eigenvalue weighted by molar-refractivity contribution is 7.94. The van der Waals surface area contributed by atoms with Crippen molar-refractivity contribution in [2.75, 3.05) is 38.2 Å². The molecule has 1 saturated heterocycles. The number of aromatic nitrogens is 1. The predicted molar refractivity (Wildman–Crippen MR) is 114 cm³/mol. The molecule has 168 valence electrons. The lowest BCUT2D eigenvalue weighted by atomic mass is 10.2. The summed E-state index contributed by atoms with van der Waals surface area (Å²) in [6, 6.07) is -0.475. The van der Waals surface area contributed by atoms with Gasteiger partial charge in [-0.2, -0.15) is 0 Å². The van der Waals surface area contributed by atoms with Crippen molar-refractivity contribution in [1.29, 1.82) is 0 Å². The predicted octanol–water partition coefficient (Wildman–Crippen LogP) is -0.606. The lowest BCUT2D eigenvalue weighted by Crippen LogP contribution is -2.43. The van der Waals surface area contributed by atoms with Gasteiger partial charge in [-0.1, -0.05) is 11.2 Å². The number of carbonyl (C=O) groups excluding carboxylic acids is 1. The van der Waals surface area contributed by atoms with Crippen molar-refractivity contribution in [2.45, 2.75) is 12.5 Å². The number of thiazole rings is 1. The van der Waals surface area contributed by atoms with Crippen molar-refractivity contribution in [3.63, 3.8) is 0 Å². The number of carboxylic acids is 1. The largest absolute Gasteiger partial charge is 0.477 e. The van der Waals surface area contributed by atoms with Crippen LogP contribution in [0.4, 0.5) is 5.13 Å². The summed E-state index contributed by atoms with van der Waals surface area (Å²) >= 11 is 1.15. The number of hydrogen-bond acceptors (Lipinski definition) is 11. The molecule has 2 aliphatic heterocycles. The van der Waals surface area contributed by atoms with E-state index < -0.39 is 27.8 Å². The molecule has 0 unspecified atom stereocenters. The number of fused-ring (bicyclic) bond motifs is 1. The number of carbonyl (C=O) groups is 2. The highest BCUT2D eigenvalue weighted by Gasteiger charge is 2.44. The highest BCUT2D eigenvalue weighted by Crippen LogP contribution is 2.30. The summed E-state index contributed by atoms with van der Waals surface area (Å²) < 4.78 is 23.9. The summed E-state index contributed by atoms with van der Waals surface area (Å²) in [5.74, 6) is -1.91. The molecule has 3 heterocycles. The first-order valence-electron chi connectivity index (χ1n) is 9.13. The van der Waals surface area contributed by atoms with E-state index in [0.717, 1.165) is 17.6 Å². The molecule has 1 amide bonds. The third kappa shape index (κ3) is 5.03. The number of carboxylic acid groups (broad SMARTS) is 1. The molecule has 0 saturated carbocycles. The van der Waals surface area contributed by atoms with Gasteiger partial charge in [0.2, 0.25) is 0 Å². The van der Waals surface area contributed by atoms with Crippen LogP contribution in [0.25, 0.3) is 0 Å². The minimum atomic E-state index is -3.68. The monoisotopic (exact) mass is 470 g/mol. The molecule has 0 bridgehead atoms. The topological polar surface area (TPSA) is 168 Å². The standard InChI is InChI=1S/C17H22N6O6S2/c1-3-4-5-29-21-13(11-9-30-17(18)20-11)15(24)19-10-6-22-8-12(31(2,27)28)14(16(25)26)23(22)7-10/h3,9-10H,1,4-8H2,2H3,(H2,18,20)(H,19,24)(H,25,26)/b21-13-/t10-/m0/s1. The average Bonchev–Trinajstić information content (AvgIpc) is 3.34. The van der Waals surface area contributed by atoms with E-state index in [1.807, 2.05) is 0 Å². The molecule has 1 aromatic rings. The number of aliphatic carboxylic acids is 1. The summed E-state index contributed by atoms with van der Waals surface area (Å²) in [5, 5.41) is 20.9. The maximum atomic E-state index is 12.9. The van der Waals surface area contributed by atoms with Gasteiger partial charge >= 0.3 is 5.97 Å². The summed E-state index contributed by atoms with van der Waals surface area (Å²) in [6.45, 7) is 4.06. The van der Waals surface area contributed by atoms with Crippen LogP contribution in [0.1, 0.15) is 12.1 Å². The van der Waals surface area contributed by atoms with Gasteiger partial charge in [-0.3, -0.25) is 9.80 Å². The van der Waals surface area contributed by atoms with Gasteiger partial charge in [-0.05, 0) is 0 Å². The Bertz CT molecular complexity index is 1060. The Hall–Kier alpha value is -2.97. The third-order valence-electron chi connectivity index (χ3n) is 4.55. The quantitative estimate of drug-likeness (QED) is 0.183. The number of amides is 1. The highest BCUT2D eigenvalue weighted by atomic mass is 32.2. The number of hydrogen-bond donors (Lipinski definition) is 3. The molecule has 4 N–H and O–H groups in total. The van der Waals surface area contributed by atoms with Crippen LogP contribution in [0, 0.1) is 0 Å². The second-order valence-electron chi connectivity index (χ2n) is 6.87. The average molecular weight is 471 g/mol. The van der Waals surface area contributed by atoms with Crippen molar-refractivity contribution >= 4 is 43.9 Å². The number of nitrogens with one attached hydrogen (secondary N) is 1. The molecule has 3 rings (SSSR count). The van der Waals surface area contributed by atoms with Crippen LogP contribution in [-0.2, 0) is 24.3 Å². The van der Waals surface area contributed by atoms with Gasteiger partial charge in [0, 0.05) is 24.6 Å². The summed E-state index contributed by atoms with van der Waals surface area (Å²) in [4.78, 5) is 33.6. The normalized spacial score (nSPS) is 19.5. The smallest absolute Gasteiger partial charge is 0.354 e. The number of nitrogens with zero attached hydrogens (tertiary/aromatic N) is 4. The van der Waals surface area contributed by atoms with E-state index in [0.29, 0.717) is 6.42 Å². The van der Waals surface area contributed by atoms with Gasteiger partial charge in [-0.15, -0.1) is 17.9 Å². The van der Waals surface area contributed by atoms with Crippen molar-refractivity contribution in [3.05, 3.63) is 34.3 Å². The number of oxime groups is 1. The molecule has 0 aromatic carbocycles. The van der Waals surface area contributed by atoms with Crippen LogP contribution in [0.3, 0.4) is 0 Å². The Morgan fingerprint density at radius 2 is 2.26 bits per heavy atom. The maximum Gasteiger partial charge on any atom is 0.354 e. The minimum Gasteiger partial charge on any atom is -0.477 e. The molecular weight excluding hydrogens is 448 g/mol. The molecule has 0 radical (unpaired) electrons. The first-order valence-corrected chi connectivity index (χ1v) is 11.9. The first kappa shape index (κ1) is 22.7. The molecule has 14 heteroatoms. The Balaban J connectivity index is 1.75. The summed E-state index contributed by atoms with van der Waals surface area (Å²) in [7, 11) is -3.68. The number of hydrazine groups is 1. The fourth-order valence-electron chi connectivity index (χ4n) is 3.22. The second-order valence-corrected chi connectivity index (χ2v) is 9.80. The van der Waals surface area contributed by atoms with Crippen molar-refractivity contribution in [3.8, 4) is 0 Å². The van der Waals surface area contributed by atoms with Crippen LogP contribution in [0.15, 0.2) is 33.8 Å². The lowest BCUT2D eigenvalue weighted by Gasteiger charge is -2.21. The van der Waals surface area contributed by atoms with Crippen LogP contribution < -0.4 is 11.1 Å². The Kier molecular flexibility index (Phi) is 6.62. The van der Waals surface area contributed by atoms with Gasteiger partial charge in [-0.25, -0.2) is 23.2 Å². The van der Waals surface area contributed by atoms with Crippen LogP contribution in [0.2, 0.25) is 0 Å². The number of anilines is 1. The van der Waals surface area contributed by atoms with E-state index in [9.17, 15) is 23.1 Å². The molecule has 0 aliphatic carbocycles. The van der Waals surface area contributed by atoms with Crippen LogP contribution in [0.5, 0.6) is 0 Å². The Morgan fingerprint density at radius 3 is 2.84 bits per heavy atom.